The molecule has 0 radical (unpaired) electrons. The number of urea groups is 1. The van der Waals surface area contributed by atoms with Crippen LogP contribution < -0.4 is 20.9 Å². The van der Waals surface area contributed by atoms with Crippen molar-refractivity contribution in [3.8, 4) is 5.82 Å². The molecule has 1 saturated carbocycles. The normalized spacial score (nSPS) is 13.6. The third-order valence-corrected chi connectivity index (χ3v) is 8.20. The second-order valence-electron chi connectivity index (χ2n) is 7.73. The molecule has 1 aliphatic rings. The number of nitrogens with zero attached hydrogens (tertiary/aromatic N) is 2. The number of benzene rings is 1. The minimum Gasteiger partial charge on any atom is -0.382 e. The van der Waals surface area contributed by atoms with Gasteiger partial charge in [-0.15, -0.1) is 11.3 Å². The van der Waals surface area contributed by atoms with Crippen LogP contribution in [0.25, 0.3) is 16.6 Å². The van der Waals surface area contributed by atoms with Crippen LogP contribution in [-0.4, -0.2) is 30.0 Å². The molecule has 0 spiro atoms. The number of fused-ring (bicyclic) bond motifs is 1. The number of halogens is 1. The predicted octanol–water partition coefficient (Wildman–Crippen LogP) is 4.19. The zero-order chi connectivity index (χ0) is 23.9. The second kappa shape index (κ2) is 8.75. The molecule has 3 N–H and O–H groups in total. The number of nitrogens with one attached hydrogen (secondary N) is 3. The minimum atomic E-state index is -4.04. The van der Waals surface area contributed by atoms with Gasteiger partial charge in [0.1, 0.15) is 10.0 Å². The van der Waals surface area contributed by atoms with E-state index in [0.29, 0.717) is 21.6 Å². The Balaban J connectivity index is 1.31. The summed E-state index contributed by atoms with van der Waals surface area (Å²) in [7, 11) is -4.04. The van der Waals surface area contributed by atoms with Crippen molar-refractivity contribution < 1.29 is 13.2 Å². The van der Waals surface area contributed by atoms with Crippen LogP contribution in [0.5, 0.6) is 0 Å². The highest BCUT2D eigenvalue weighted by Gasteiger charge is 2.21. The SMILES string of the molecule is O=C(Nc1ccc(-n2ccc3cc(NC4CC4)ccc3c2=O)nc1)NS(=O)(=O)c1ccc(Cl)s1. The van der Waals surface area contributed by atoms with Crippen LogP contribution in [0.4, 0.5) is 16.2 Å². The van der Waals surface area contributed by atoms with Gasteiger partial charge in [-0.05, 0) is 66.8 Å². The van der Waals surface area contributed by atoms with Gasteiger partial charge in [0.05, 0.1) is 16.2 Å². The van der Waals surface area contributed by atoms with Crippen molar-refractivity contribution >= 4 is 61.1 Å². The average Bonchev–Trinajstić information content (AvgIpc) is 3.50. The molecular formula is C22H18ClN5O4S2. The Hall–Kier alpha value is -3.41. The van der Waals surface area contributed by atoms with E-state index >= 15 is 0 Å². The molecule has 0 bridgehead atoms. The van der Waals surface area contributed by atoms with E-state index < -0.39 is 16.1 Å². The molecule has 3 heterocycles. The van der Waals surface area contributed by atoms with Gasteiger partial charge in [0.25, 0.3) is 15.6 Å². The number of rotatable bonds is 6. The van der Waals surface area contributed by atoms with Crippen molar-refractivity contribution in [3.63, 3.8) is 0 Å². The molecule has 174 valence electrons. The van der Waals surface area contributed by atoms with Crippen LogP contribution in [0.2, 0.25) is 4.34 Å². The molecule has 4 aromatic rings. The van der Waals surface area contributed by atoms with E-state index in [1.165, 1.54) is 29.0 Å². The van der Waals surface area contributed by atoms with E-state index in [0.717, 1.165) is 35.3 Å². The number of carbonyl (C=O) groups excluding carboxylic acids is 1. The quantitative estimate of drug-likeness (QED) is 0.354. The average molecular weight is 516 g/mol. The Morgan fingerprint density at radius 3 is 2.56 bits per heavy atom. The first-order valence-corrected chi connectivity index (χ1v) is 12.9. The summed E-state index contributed by atoms with van der Waals surface area (Å²) in [6.45, 7) is 0. The third kappa shape index (κ3) is 4.76. The molecule has 0 atom stereocenters. The van der Waals surface area contributed by atoms with Gasteiger partial charge >= 0.3 is 6.03 Å². The number of pyridine rings is 2. The Bertz CT molecular complexity index is 1560. The highest BCUT2D eigenvalue weighted by Crippen LogP contribution is 2.27. The molecule has 34 heavy (non-hydrogen) atoms. The smallest absolute Gasteiger partial charge is 0.333 e. The maximum atomic E-state index is 13.0. The Morgan fingerprint density at radius 2 is 1.88 bits per heavy atom. The predicted molar refractivity (Wildman–Crippen MR) is 133 cm³/mol. The lowest BCUT2D eigenvalue weighted by Crippen LogP contribution is -2.34. The van der Waals surface area contributed by atoms with Crippen LogP contribution in [-0.2, 0) is 10.0 Å². The second-order valence-corrected chi connectivity index (χ2v) is 11.4. The van der Waals surface area contributed by atoms with Crippen molar-refractivity contribution in [2.24, 2.45) is 0 Å². The van der Waals surface area contributed by atoms with Crippen molar-refractivity contribution in [3.05, 3.63) is 75.6 Å². The fraction of sp³-hybridized carbons (Fsp3) is 0.136. The summed E-state index contributed by atoms with van der Waals surface area (Å²) in [6, 6.07) is 12.9. The first-order valence-electron chi connectivity index (χ1n) is 10.3. The van der Waals surface area contributed by atoms with Gasteiger partial charge in [-0.3, -0.25) is 9.36 Å². The first kappa shape index (κ1) is 22.4. The Morgan fingerprint density at radius 1 is 1.09 bits per heavy atom. The summed E-state index contributed by atoms with van der Waals surface area (Å²) in [5.41, 5.74) is 1.02. The number of thiophene rings is 1. The molecule has 2 amide bonds. The van der Waals surface area contributed by atoms with Crippen LogP contribution in [0.1, 0.15) is 12.8 Å². The lowest BCUT2D eigenvalue weighted by atomic mass is 10.1. The molecule has 0 aliphatic heterocycles. The molecule has 0 saturated heterocycles. The van der Waals surface area contributed by atoms with Gasteiger partial charge in [-0.2, -0.15) is 0 Å². The zero-order valence-electron chi connectivity index (χ0n) is 17.5. The fourth-order valence-corrected chi connectivity index (χ4v) is 5.74. The molecule has 9 nitrogen and oxygen atoms in total. The number of aromatic nitrogens is 2. The minimum absolute atomic E-state index is 0.0766. The molecule has 5 rings (SSSR count). The van der Waals surface area contributed by atoms with Crippen molar-refractivity contribution in [2.45, 2.75) is 23.1 Å². The summed E-state index contributed by atoms with van der Waals surface area (Å²) in [5.74, 6) is 0.360. The molecule has 1 aromatic carbocycles. The number of hydrogen-bond donors (Lipinski definition) is 3. The summed E-state index contributed by atoms with van der Waals surface area (Å²) in [4.78, 5) is 29.4. The van der Waals surface area contributed by atoms with Crippen LogP contribution in [0, 0.1) is 0 Å². The Labute approximate surface area is 203 Å². The summed E-state index contributed by atoms with van der Waals surface area (Å²) >= 11 is 6.60. The van der Waals surface area contributed by atoms with Gasteiger partial charge < -0.3 is 10.6 Å². The topological polar surface area (TPSA) is 122 Å². The number of hydrogen-bond acceptors (Lipinski definition) is 7. The first-order chi connectivity index (χ1) is 16.3. The van der Waals surface area contributed by atoms with Gasteiger partial charge in [0.2, 0.25) is 0 Å². The number of sulfonamides is 1. The number of anilines is 2. The molecule has 0 unspecified atom stereocenters. The maximum absolute atomic E-state index is 13.0. The van der Waals surface area contributed by atoms with Crippen molar-refractivity contribution in [1.82, 2.24) is 14.3 Å². The van der Waals surface area contributed by atoms with Crippen molar-refractivity contribution in [2.75, 3.05) is 10.6 Å². The molecule has 1 aliphatic carbocycles. The van der Waals surface area contributed by atoms with E-state index in [1.54, 1.807) is 18.3 Å². The number of amides is 2. The fourth-order valence-electron chi connectivity index (χ4n) is 3.35. The number of carbonyl (C=O) groups is 1. The molecule has 12 heteroatoms. The largest absolute Gasteiger partial charge is 0.382 e. The monoisotopic (exact) mass is 515 g/mol. The van der Waals surface area contributed by atoms with Gasteiger partial charge in [-0.25, -0.2) is 22.9 Å². The standard InChI is InChI=1S/C22H18ClN5O4S2/c23-18-6-8-20(33-18)34(31,32)27-22(30)26-16-4-7-19(24-12-16)28-10-9-13-11-15(25-14-1-2-14)3-5-17(13)21(28)29/h3-12,14,25H,1-2H2,(H2,26,27,30). The lowest BCUT2D eigenvalue weighted by Gasteiger charge is -2.10. The van der Waals surface area contributed by atoms with Crippen LogP contribution in [0.15, 0.2) is 69.9 Å². The van der Waals surface area contributed by atoms with E-state index in [1.807, 2.05) is 22.9 Å². The van der Waals surface area contributed by atoms with Gasteiger partial charge in [-0.1, -0.05) is 11.6 Å². The molecular weight excluding hydrogens is 498 g/mol. The summed E-state index contributed by atoms with van der Waals surface area (Å²) in [6.07, 6.45) is 5.31. The van der Waals surface area contributed by atoms with Crippen molar-refractivity contribution in [1.29, 1.82) is 0 Å². The maximum Gasteiger partial charge on any atom is 0.333 e. The summed E-state index contributed by atoms with van der Waals surface area (Å²) in [5, 5.41) is 7.22. The van der Waals surface area contributed by atoms with Gasteiger partial charge in [0.15, 0.2) is 0 Å². The van der Waals surface area contributed by atoms with E-state index in [-0.39, 0.29) is 15.5 Å². The highest BCUT2D eigenvalue weighted by molar-refractivity contribution is 7.92. The highest BCUT2D eigenvalue weighted by atomic mass is 35.5. The zero-order valence-corrected chi connectivity index (χ0v) is 19.9. The summed E-state index contributed by atoms with van der Waals surface area (Å²) < 4.78 is 28.0. The molecule has 1 fully saturated rings. The molecule has 3 aromatic heterocycles. The van der Waals surface area contributed by atoms with E-state index in [9.17, 15) is 18.0 Å². The lowest BCUT2D eigenvalue weighted by molar-refractivity contribution is 0.256. The van der Waals surface area contributed by atoms with Crippen LogP contribution >= 0.6 is 22.9 Å². The van der Waals surface area contributed by atoms with Gasteiger partial charge in [0, 0.05) is 23.3 Å². The van der Waals surface area contributed by atoms with E-state index in [2.05, 4.69) is 15.6 Å². The van der Waals surface area contributed by atoms with E-state index in [4.69, 9.17) is 11.6 Å². The third-order valence-electron chi connectivity index (χ3n) is 5.15. The Kier molecular flexibility index (Phi) is 5.76. The van der Waals surface area contributed by atoms with Crippen LogP contribution in [0.3, 0.4) is 0 Å².